The van der Waals surface area contributed by atoms with Crippen LogP contribution in [0.5, 0.6) is 0 Å². The molecule has 1 aromatic carbocycles. The molecule has 1 aromatic rings. The van der Waals surface area contributed by atoms with Crippen molar-refractivity contribution in [2.24, 2.45) is 0 Å². The predicted molar refractivity (Wildman–Crippen MR) is 82.8 cm³/mol. The summed E-state index contributed by atoms with van der Waals surface area (Å²) in [6, 6.07) is 2.51. The number of anilines is 1. The lowest BCUT2D eigenvalue weighted by Gasteiger charge is -2.30. The second-order valence-corrected chi connectivity index (χ2v) is 6.45. The molecule has 2 aliphatic rings. The van der Waals surface area contributed by atoms with Crippen LogP contribution in [0.15, 0.2) is 18.2 Å². The maximum Gasteiger partial charge on any atom is 0.417 e. The van der Waals surface area contributed by atoms with Gasteiger partial charge in [0.2, 0.25) is 5.91 Å². The quantitative estimate of drug-likeness (QED) is 0.758. The summed E-state index contributed by atoms with van der Waals surface area (Å²) in [5, 5.41) is -0.460. The van der Waals surface area contributed by atoms with Crippen LogP contribution in [0.3, 0.4) is 0 Å². The highest BCUT2D eigenvalue weighted by atomic mass is 35.5. The first-order chi connectivity index (χ1) is 11.3. The molecule has 0 saturated carbocycles. The predicted octanol–water partition coefficient (Wildman–Crippen LogP) is 3.48. The number of nitrogens with zero attached hydrogens (tertiary/aromatic N) is 2. The summed E-state index contributed by atoms with van der Waals surface area (Å²) in [6.07, 6.45) is -1.65. The van der Waals surface area contributed by atoms with E-state index in [2.05, 4.69) is 0 Å². The molecule has 0 radical (unpaired) electrons. The number of hydrogen-bond donors (Lipinski definition) is 0. The Kier molecular flexibility index (Phi) is 4.57. The molecular weight excluding hydrogens is 345 g/mol. The third kappa shape index (κ3) is 3.15. The Morgan fingerprint density at radius 3 is 2.38 bits per heavy atom. The van der Waals surface area contributed by atoms with Crippen LogP contribution in [0.1, 0.15) is 31.2 Å². The van der Waals surface area contributed by atoms with Crippen LogP contribution in [-0.4, -0.2) is 35.8 Å². The van der Waals surface area contributed by atoms with Gasteiger partial charge in [0, 0.05) is 0 Å². The summed E-state index contributed by atoms with van der Waals surface area (Å²) in [5.41, 5.74) is -1.13. The second-order valence-electron chi connectivity index (χ2n) is 6.05. The van der Waals surface area contributed by atoms with Crippen LogP contribution in [0.25, 0.3) is 0 Å². The van der Waals surface area contributed by atoms with Crippen molar-refractivity contribution < 1.29 is 22.8 Å². The number of hydrogen-bond acceptors (Lipinski definition) is 3. The zero-order valence-corrected chi connectivity index (χ0v) is 13.5. The third-order valence-corrected chi connectivity index (χ3v) is 4.80. The standard InChI is InChI=1S/C16H16ClF3N2O2/c17-12-5-4-10(8-11(12)16(18,19)20)22-14(23)9-13(15(22)24)21-6-2-1-3-7-21/h4-5,8,13H,1-3,6-7,9H2/t13-/m0/s1. The van der Waals surface area contributed by atoms with Crippen LogP contribution in [0.2, 0.25) is 5.02 Å². The number of rotatable bonds is 2. The fourth-order valence-corrected chi connectivity index (χ4v) is 3.50. The number of halogens is 4. The summed E-state index contributed by atoms with van der Waals surface area (Å²) in [4.78, 5) is 27.7. The fourth-order valence-electron chi connectivity index (χ4n) is 3.27. The summed E-state index contributed by atoms with van der Waals surface area (Å²) in [6.45, 7) is 1.46. The van der Waals surface area contributed by atoms with Crippen molar-refractivity contribution in [2.45, 2.75) is 37.9 Å². The number of amides is 2. The highest BCUT2D eigenvalue weighted by Crippen LogP contribution is 2.38. The number of carbonyl (C=O) groups is 2. The van der Waals surface area contributed by atoms with Crippen molar-refractivity contribution in [3.8, 4) is 0 Å². The first-order valence-corrected chi connectivity index (χ1v) is 8.14. The highest BCUT2D eigenvalue weighted by molar-refractivity contribution is 6.31. The summed E-state index contributed by atoms with van der Waals surface area (Å²) in [5.74, 6) is -0.941. The zero-order valence-electron chi connectivity index (χ0n) is 12.8. The smallest absolute Gasteiger partial charge is 0.292 e. The lowest BCUT2D eigenvalue weighted by Crippen LogP contribution is -2.44. The average molecular weight is 361 g/mol. The van der Waals surface area contributed by atoms with Crippen molar-refractivity contribution >= 4 is 29.1 Å². The van der Waals surface area contributed by atoms with Crippen molar-refractivity contribution in [1.29, 1.82) is 0 Å². The summed E-state index contributed by atoms with van der Waals surface area (Å²) < 4.78 is 39.0. The van der Waals surface area contributed by atoms with Gasteiger partial charge in [-0.25, -0.2) is 4.90 Å². The van der Waals surface area contributed by atoms with Crippen LogP contribution in [0, 0.1) is 0 Å². The molecule has 2 aliphatic heterocycles. The van der Waals surface area contributed by atoms with Crippen molar-refractivity contribution in [3.05, 3.63) is 28.8 Å². The molecule has 0 aliphatic carbocycles. The molecule has 3 rings (SSSR count). The highest BCUT2D eigenvalue weighted by Gasteiger charge is 2.43. The molecule has 4 nitrogen and oxygen atoms in total. The van der Waals surface area contributed by atoms with E-state index in [0.717, 1.165) is 49.4 Å². The molecule has 2 amide bonds. The van der Waals surface area contributed by atoms with Crippen molar-refractivity contribution in [3.63, 3.8) is 0 Å². The van der Waals surface area contributed by atoms with E-state index in [1.54, 1.807) is 0 Å². The Bertz CT molecular complexity index is 672. The van der Waals surface area contributed by atoms with Crippen LogP contribution >= 0.6 is 11.6 Å². The maximum atomic E-state index is 13.0. The molecule has 130 valence electrons. The number of likely N-dealkylation sites (tertiary alicyclic amines) is 1. The number of piperidine rings is 1. The molecule has 0 bridgehead atoms. The maximum absolute atomic E-state index is 13.0. The largest absolute Gasteiger partial charge is 0.417 e. The third-order valence-electron chi connectivity index (χ3n) is 4.47. The van der Waals surface area contributed by atoms with Crippen molar-refractivity contribution in [2.75, 3.05) is 18.0 Å². The van der Waals surface area contributed by atoms with Crippen LogP contribution in [0.4, 0.5) is 18.9 Å². The van der Waals surface area contributed by atoms with Gasteiger partial charge in [0.1, 0.15) is 0 Å². The van der Waals surface area contributed by atoms with E-state index in [1.165, 1.54) is 6.07 Å². The topological polar surface area (TPSA) is 40.6 Å². The van der Waals surface area contributed by atoms with Gasteiger partial charge in [-0.05, 0) is 44.1 Å². The Hall–Kier alpha value is -1.60. The van der Waals surface area contributed by atoms with Gasteiger partial charge >= 0.3 is 6.18 Å². The first kappa shape index (κ1) is 17.2. The van der Waals surface area contributed by atoms with Gasteiger partial charge in [-0.15, -0.1) is 0 Å². The summed E-state index contributed by atoms with van der Waals surface area (Å²) >= 11 is 5.59. The molecule has 0 aromatic heterocycles. The van der Waals surface area contributed by atoms with Gasteiger partial charge in [0.05, 0.1) is 28.7 Å². The van der Waals surface area contributed by atoms with Crippen molar-refractivity contribution in [1.82, 2.24) is 4.90 Å². The monoisotopic (exact) mass is 360 g/mol. The molecule has 2 fully saturated rings. The van der Waals surface area contributed by atoms with Gasteiger partial charge in [0.25, 0.3) is 5.91 Å². The number of benzene rings is 1. The van der Waals surface area contributed by atoms with E-state index in [9.17, 15) is 22.8 Å². The molecule has 0 unspecified atom stereocenters. The zero-order chi connectivity index (χ0) is 17.5. The number of alkyl halides is 3. The molecule has 2 saturated heterocycles. The van der Waals surface area contributed by atoms with E-state index in [0.29, 0.717) is 0 Å². The van der Waals surface area contributed by atoms with E-state index >= 15 is 0 Å². The molecule has 2 heterocycles. The molecule has 0 spiro atoms. The Morgan fingerprint density at radius 1 is 1.08 bits per heavy atom. The summed E-state index contributed by atoms with van der Waals surface area (Å²) in [7, 11) is 0. The Morgan fingerprint density at radius 2 is 1.75 bits per heavy atom. The average Bonchev–Trinajstić information content (AvgIpc) is 2.83. The fraction of sp³-hybridized carbons (Fsp3) is 0.500. The van der Waals surface area contributed by atoms with E-state index in [-0.39, 0.29) is 12.1 Å². The Balaban J connectivity index is 1.89. The van der Waals surface area contributed by atoms with E-state index < -0.39 is 34.6 Å². The molecule has 0 N–H and O–H groups in total. The molecule has 24 heavy (non-hydrogen) atoms. The number of carbonyl (C=O) groups excluding carboxylic acids is 2. The van der Waals surface area contributed by atoms with Gasteiger partial charge < -0.3 is 0 Å². The number of imide groups is 1. The van der Waals surface area contributed by atoms with E-state index in [4.69, 9.17) is 11.6 Å². The van der Waals surface area contributed by atoms with Gasteiger partial charge in [-0.3, -0.25) is 14.5 Å². The molecule has 8 heteroatoms. The van der Waals surface area contributed by atoms with Crippen LogP contribution in [-0.2, 0) is 15.8 Å². The SMILES string of the molecule is O=C1C[C@H](N2CCCCC2)C(=O)N1c1ccc(Cl)c(C(F)(F)F)c1. The van der Waals surface area contributed by atoms with Gasteiger partial charge in [0.15, 0.2) is 0 Å². The second kappa shape index (κ2) is 6.37. The lowest BCUT2D eigenvalue weighted by atomic mass is 10.1. The minimum absolute atomic E-state index is 0.00279. The minimum atomic E-state index is -4.65. The van der Waals surface area contributed by atoms with Crippen LogP contribution < -0.4 is 4.90 Å². The van der Waals surface area contributed by atoms with Gasteiger partial charge in [-0.1, -0.05) is 18.0 Å². The lowest BCUT2D eigenvalue weighted by molar-refractivity contribution is -0.137. The minimum Gasteiger partial charge on any atom is -0.292 e. The first-order valence-electron chi connectivity index (χ1n) is 7.76. The Labute approximate surface area is 142 Å². The molecule has 1 atom stereocenters. The molecular formula is C16H16ClF3N2O2. The van der Waals surface area contributed by atoms with Gasteiger partial charge in [-0.2, -0.15) is 13.2 Å². The van der Waals surface area contributed by atoms with E-state index in [1.807, 2.05) is 4.90 Å². The normalized spacial score (nSPS) is 23.2.